The third-order valence-corrected chi connectivity index (χ3v) is 5.53. The molecular formula is C25H22N6O3. The van der Waals surface area contributed by atoms with E-state index in [0.29, 0.717) is 41.6 Å². The first-order valence-corrected chi connectivity index (χ1v) is 10.8. The molecule has 5 rings (SSSR count). The smallest absolute Gasteiger partial charge is 0.340 e. The quantitative estimate of drug-likeness (QED) is 0.369. The highest BCUT2D eigenvalue weighted by molar-refractivity contribution is 6.02. The second kappa shape index (κ2) is 9.14. The SMILES string of the molecule is CCOC(=O)c1cccc2nc(OC)n(Cc3ccc(-c4ccccc4-c4nn[nH]n4)cc3)c12. The number of aromatic nitrogens is 6. The van der Waals surface area contributed by atoms with Gasteiger partial charge in [-0.15, -0.1) is 10.2 Å². The number of H-pyrrole nitrogens is 1. The summed E-state index contributed by atoms with van der Waals surface area (Å²) in [5.41, 5.74) is 5.77. The minimum atomic E-state index is -0.384. The minimum Gasteiger partial charge on any atom is -0.468 e. The number of carbonyl (C=O) groups excluding carboxylic acids is 1. The molecule has 0 spiro atoms. The number of aromatic amines is 1. The summed E-state index contributed by atoms with van der Waals surface area (Å²) in [5, 5.41) is 14.4. The number of nitrogens with zero attached hydrogens (tertiary/aromatic N) is 5. The van der Waals surface area contributed by atoms with E-state index in [0.717, 1.165) is 22.3 Å². The van der Waals surface area contributed by atoms with Crippen LogP contribution in [0.4, 0.5) is 0 Å². The third-order valence-electron chi connectivity index (χ3n) is 5.53. The van der Waals surface area contributed by atoms with Crippen LogP contribution in [-0.2, 0) is 11.3 Å². The molecule has 34 heavy (non-hydrogen) atoms. The molecule has 0 radical (unpaired) electrons. The number of para-hydroxylation sites is 1. The molecule has 5 aromatic rings. The zero-order valence-electron chi connectivity index (χ0n) is 18.7. The monoisotopic (exact) mass is 454 g/mol. The molecule has 9 nitrogen and oxygen atoms in total. The largest absolute Gasteiger partial charge is 0.468 e. The van der Waals surface area contributed by atoms with Crippen LogP contribution < -0.4 is 4.74 Å². The molecule has 9 heteroatoms. The maximum Gasteiger partial charge on any atom is 0.340 e. The van der Waals surface area contributed by atoms with E-state index in [1.165, 1.54) is 0 Å². The summed E-state index contributed by atoms with van der Waals surface area (Å²) in [6, 6.07) is 21.9. The molecule has 170 valence electrons. The second-order valence-electron chi connectivity index (χ2n) is 7.56. The fourth-order valence-corrected chi connectivity index (χ4v) is 4.02. The number of imidazole rings is 1. The van der Waals surface area contributed by atoms with E-state index in [-0.39, 0.29) is 5.97 Å². The van der Waals surface area contributed by atoms with Crippen LogP contribution in [0, 0.1) is 0 Å². The van der Waals surface area contributed by atoms with E-state index in [2.05, 4.69) is 25.6 Å². The normalized spacial score (nSPS) is 11.0. The van der Waals surface area contributed by atoms with Gasteiger partial charge in [-0.2, -0.15) is 10.2 Å². The Balaban J connectivity index is 1.51. The maximum atomic E-state index is 12.6. The summed E-state index contributed by atoms with van der Waals surface area (Å²) in [4.78, 5) is 17.1. The van der Waals surface area contributed by atoms with E-state index in [1.807, 2.05) is 59.2 Å². The van der Waals surface area contributed by atoms with Crippen LogP contribution in [0.3, 0.4) is 0 Å². The van der Waals surface area contributed by atoms with Gasteiger partial charge in [-0.3, -0.25) is 4.57 Å². The average molecular weight is 454 g/mol. The average Bonchev–Trinajstić information content (AvgIpc) is 3.53. The molecule has 0 aliphatic carbocycles. The van der Waals surface area contributed by atoms with Crippen LogP contribution in [-0.4, -0.2) is 49.9 Å². The van der Waals surface area contributed by atoms with Gasteiger partial charge in [-0.1, -0.05) is 54.6 Å². The predicted molar refractivity (Wildman–Crippen MR) is 126 cm³/mol. The molecule has 0 fully saturated rings. The van der Waals surface area contributed by atoms with Crippen molar-refractivity contribution in [3.8, 4) is 28.5 Å². The van der Waals surface area contributed by atoms with Crippen molar-refractivity contribution in [2.24, 2.45) is 0 Å². The molecule has 0 atom stereocenters. The van der Waals surface area contributed by atoms with Gasteiger partial charge in [0.15, 0.2) is 0 Å². The number of ether oxygens (including phenoxy) is 2. The third kappa shape index (κ3) is 3.88. The Kier molecular flexibility index (Phi) is 5.73. The lowest BCUT2D eigenvalue weighted by molar-refractivity contribution is 0.0528. The van der Waals surface area contributed by atoms with Crippen molar-refractivity contribution in [1.29, 1.82) is 0 Å². The van der Waals surface area contributed by atoms with Gasteiger partial charge in [0.25, 0.3) is 6.01 Å². The van der Waals surface area contributed by atoms with Crippen molar-refractivity contribution in [1.82, 2.24) is 30.2 Å². The fourth-order valence-electron chi connectivity index (χ4n) is 4.02. The lowest BCUT2D eigenvalue weighted by atomic mass is 9.98. The van der Waals surface area contributed by atoms with Gasteiger partial charge in [-0.25, -0.2) is 4.79 Å². The van der Waals surface area contributed by atoms with E-state index in [1.54, 1.807) is 26.2 Å². The number of fused-ring (bicyclic) bond motifs is 1. The van der Waals surface area contributed by atoms with Gasteiger partial charge in [0.2, 0.25) is 5.82 Å². The topological polar surface area (TPSA) is 108 Å². The molecule has 0 amide bonds. The van der Waals surface area contributed by atoms with Gasteiger partial charge in [0, 0.05) is 5.56 Å². The van der Waals surface area contributed by atoms with E-state index >= 15 is 0 Å². The molecule has 2 aromatic heterocycles. The number of hydrogen-bond acceptors (Lipinski definition) is 7. The highest BCUT2D eigenvalue weighted by Crippen LogP contribution is 2.31. The number of tetrazole rings is 1. The number of hydrogen-bond donors (Lipinski definition) is 1. The summed E-state index contributed by atoms with van der Waals surface area (Å²) in [6.07, 6.45) is 0. The van der Waals surface area contributed by atoms with Gasteiger partial charge >= 0.3 is 5.97 Å². The van der Waals surface area contributed by atoms with Crippen LogP contribution in [0.2, 0.25) is 0 Å². The highest BCUT2D eigenvalue weighted by atomic mass is 16.5. The van der Waals surface area contributed by atoms with Crippen LogP contribution in [0.15, 0.2) is 66.7 Å². The van der Waals surface area contributed by atoms with Gasteiger partial charge in [0.1, 0.15) is 0 Å². The van der Waals surface area contributed by atoms with Crippen molar-refractivity contribution in [3.63, 3.8) is 0 Å². The molecule has 1 N–H and O–H groups in total. The predicted octanol–water partition coefficient (Wildman–Crippen LogP) is 4.12. The van der Waals surface area contributed by atoms with Crippen LogP contribution in [0.25, 0.3) is 33.5 Å². The van der Waals surface area contributed by atoms with Crippen LogP contribution in [0.5, 0.6) is 6.01 Å². The summed E-state index contributed by atoms with van der Waals surface area (Å²) in [5.74, 6) is 0.158. The van der Waals surface area contributed by atoms with Crippen molar-refractivity contribution in [2.75, 3.05) is 13.7 Å². The minimum absolute atomic E-state index is 0.299. The van der Waals surface area contributed by atoms with Gasteiger partial charge in [-0.05, 0) is 41.0 Å². The highest BCUT2D eigenvalue weighted by Gasteiger charge is 2.20. The Morgan fingerprint density at radius 1 is 1.00 bits per heavy atom. The molecule has 2 heterocycles. The first kappa shape index (κ1) is 21.3. The first-order valence-electron chi connectivity index (χ1n) is 10.8. The maximum absolute atomic E-state index is 12.6. The van der Waals surface area contributed by atoms with Crippen LogP contribution in [0.1, 0.15) is 22.8 Å². The number of carbonyl (C=O) groups is 1. The second-order valence-corrected chi connectivity index (χ2v) is 7.56. The zero-order valence-corrected chi connectivity index (χ0v) is 18.7. The van der Waals surface area contributed by atoms with E-state index in [4.69, 9.17) is 9.47 Å². The zero-order chi connectivity index (χ0) is 23.5. The Hall–Kier alpha value is -4.53. The molecular weight excluding hydrogens is 432 g/mol. The number of benzene rings is 3. The summed E-state index contributed by atoms with van der Waals surface area (Å²) in [6.45, 7) is 2.56. The summed E-state index contributed by atoms with van der Waals surface area (Å²) >= 11 is 0. The Labute approximate surface area is 195 Å². The number of esters is 1. The first-order chi connectivity index (χ1) is 16.7. The molecule has 0 aliphatic heterocycles. The van der Waals surface area contributed by atoms with Crippen molar-refractivity contribution >= 4 is 17.0 Å². The van der Waals surface area contributed by atoms with Crippen molar-refractivity contribution in [2.45, 2.75) is 13.5 Å². The van der Waals surface area contributed by atoms with Gasteiger partial charge < -0.3 is 9.47 Å². The fraction of sp³-hybridized carbons (Fsp3) is 0.160. The van der Waals surface area contributed by atoms with Gasteiger partial charge in [0.05, 0.1) is 36.9 Å². The Bertz CT molecular complexity index is 1440. The van der Waals surface area contributed by atoms with E-state index in [9.17, 15) is 4.79 Å². The molecule has 3 aromatic carbocycles. The standard InChI is InChI=1S/C25H22N6O3/c1-3-34-24(32)20-9-6-10-21-22(20)31(25(26-21)33-2)15-16-11-13-17(14-12-16)18-7-4-5-8-19(18)23-27-29-30-28-23/h4-14H,3,15H2,1-2H3,(H,27,28,29,30). The summed E-state index contributed by atoms with van der Waals surface area (Å²) in [7, 11) is 1.57. The van der Waals surface area contributed by atoms with Crippen molar-refractivity contribution in [3.05, 3.63) is 77.9 Å². The number of rotatable bonds is 7. The lowest BCUT2D eigenvalue weighted by Crippen LogP contribution is -2.09. The number of methoxy groups -OCH3 is 1. The summed E-state index contributed by atoms with van der Waals surface area (Å²) < 4.78 is 12.7. The molecule has 0 bridgehead atoms. The van der Waals surface area contributed by atoms with Crippen molar-refractivity contribution < 1.29 is 14.3 Å². The Morgan fingerprint density at radius 3 is 2.50 bits per heavy atom. The molecule has 0 unspecified atom stereocenters. The number of nitrogens with one attached hydrogen (secondary N) is 1. The molecule has 0 saturated heterocycles. The lowest BCUT2D eigenvalue weighted by Gasteiger charge is -2.12. The van der Waals surface area contributed by atoms with E-state index < -0.39 is 0 Å². The molecule has 0 saturated carbocycles. The Morgan fingerprint density at radius 2 is 1.79 bits per heavy atom. The molecule has 0 aliphatic rings. The van der Waals surface area contributed by atoms with Crippen LogP contribution >= 0.6 is 0 Å².